The largest absolute Gasteiger partial charge is 0.325 e. The lowest BCUT2D eigenvalue weighted by Crippen LogP contribution is -2.32. The first kappa shape index (κ1) is 11.7. The molecular formula is C12H12ClN3O. The monoisotopic (exact) mass is 249 g/mol. The van der Waals surface area contributed by atoms with E-state index in [4.69, 9.17) is 16.9 Å². The summed E-state index contributed by atoms with van der Waals surface area (Å²) in [6.45, 7) is 1.54. The molecule has 1 fully saturated rings. The van der Waals surface area contributed by atoms with Crippen LogP contribution in [0.2, 0.25) is 5.02 Å². The number of likely N-dealkylation sites (tertiary alicyclic amines) is 1. The van der Waals surface area contributed by atoms with Gasteiger partial charge in [-0.1, -0.05) is 11.6 Å². The number of amides is 2. The van der Waals surface area contributed by atoms with Crippen LogP contribution in [-0.4, -0.2) is 24.0 Å². The molecule has 0 aromatic heterocycles. The fraction of sp³-hybridized carbons (Fsp3) is 0.333. The predicted molar refractivity (Wildman–Crippen MR) is 66.0 cm³/mol. The van der Waals surface area contributed by atoms with Crippen LogP contribution < -0.4 is 5.32 Å². The molecule has 1 aromatic rings. The number of nitrogens with one attached hydrogen (secondary N) is 1. The topological polar surface area (TPSA) is 56.1 Å². The van der Waals surface area contributed by atoms with Crippen LogP contribution in [0.4, 0.5) is 10.5 Å². The Labute approximate surface area is 105 Å². The summed E-state index contributed by atoms with van der Waals surface area (Å²) in [5, 5.41) is 12.2. The summed E-state index contributed by atoms with van der Waals surface area (Å²) in [6.07, 6.45) is 2.07. The Balaban J connectivity index is 2.15. The number of hydrogen-bond donors (Lipinski definition) is 1. The highest BCUT2D eigenvalue weighted by molar-refractivity contribution is 6.31. The Morgan fingerprint density at radius 3 is 2.76 bits per heavy atom. The zero-order valence-electron chi connectivity index (χ0n) is 9.24. The molecule has 1 aromatic carbocycles. The summed E-state index contributed by atoms with van der Waals surface area (Å²) in [7, 11) is 0. The van der Waals surface area contributed by atoms with Crippen molar-refractivity contribution < 1.29 is 4.79 Å². The third-order valence-electron chi connectivity index (χ3n) is 2.74. The average molecular weight is 250 g/mol. The Morgan fingerprint density at radius 2 is 2.12 bits per heavy atom. The molecule has 0 atom stereocenters. The Bertz CT molecular complexity index is 475. The van der Waals surface area contributed by atoms with Gasteiger partial charge in [0.25, 0.3) is 0 Å². The highest BCUT2D eigenvalue weighted by Crippen LogP contribution is 2.21. The molecule has 5 heteroatoms. The zero-order chi connectivity index (χ0) is 12.3. The second-order valence-electron chi connectivity index (χ2n) is 3.93. The predicted octanol–water partition coefficient (Wildman–Crippen LogP) is 2.84. The van der Waals surface area contributed by atoms with E-state index in [1.807, 2.05) is 6.07 Å². The van der Waals surface area contributed by atoms with Gasteiger partial charge in [0.15, 0.2) is 0 Å². The molecule has 0 radical (unpaired) electrons. The molecular weight excluding hydrogens is 238 g/mol. The quantitative estimate of drug-likeness (QED) is 0.832. The SMILES string of the molecule is N#Cc1ccc(Cl)cc1NC(=O)N1CCCC1. The van der Waals surface area contributed by atoms with Crippen LogP contribution in [0, 0.1) is 11.3 Å². The van der Waals surface area contributed by atoms with Crippen molar-refractivity contribution in [2.24, 2.45) is 0 Å². The van der Waals surface area contributed by atoms with E-state index in [9.17, 15) is 4.79 Å². The molecule has 0 spiro atoms. The maximum absolute atomic E-state index is 11.9. The highest BCUT2D eigenvalue weighted by Gasteiger charge is 2.18. The van der Waals surface area contributed by atoms with Gasteiger partial charge in [0.2, 0.25) is 0 Å². The number of rotatable bonds is 1. The maximum Gasteiger partial charge on any atom is 0.321 e. The Morgan fingerprint density at radius 1 is 1.41 bits per heavy atom. The molecule has 1 saturated heterocycles. The lowest BCUT2D eigenvalue weighted by Gasteiger charge is -2.16. The Hall–Kier alpha value is -1.73. The first-order valence-corrected chi connectivity index (χ1v) is 5.84. The number of halogens is 1. The molecule has 1 aliphatic heterocycles. The summed E-state index contributed by atoms with van der Waals surface area (Å²) in [6, 6.07) is 6.68. The lowest BCUT2D eigenvalue weighted by molar-refractivity contribution is 0.222. The minimum absolute atomic E-state index is 0.165. The molecule has 2 amide bonds. The van der Waals surface area contributed by atoms with Gasteiger partial charge in [-0.15, -0.1) is 0 Å². The normalized spacial score (nSPS) is 14.5. The van der Waals surface area contributed by atoms with Crippen molar-refractivity contribution >= 4 is 23.3 Å². The van der Waals surface area contributed by atoms with Crippen molar-refractivity contribution in [3.05, 3.63) is 28.8 Å². The highest BCUT2D eigenvalue weighted by atomic mass is 35.5. The van der Waals surface area contributed by atoms with Gasteiger partial charge in [-0.25, -0.2) is 4.79 Å². The van der Waals surface area contributed by atoms with E-state index in [1.54, 1.807) is 23.1 Å². The second kappa shape index (κ2) is 5.07. The van der Waals surface area contributed by atoms with Crippen LogP contribution in [-0.2, 0) is 0 Å². The number of nitrogens with zero attached hydrogens (tertiary/aromatic N) is 2. The molecule has 0 saturated carbocycles. The first-order valence-electron chi connectivity index (χ1n) is 5.46. The minimum Gasteiger partial charge on any atom is -0.325 e. The van der Waals surface area contributed by atoms with Crippen molar-refractivity contribution in [1.82, 2.24) is 4.90 Å². The van der Waals surface area contributed by atoms with Crippen LogP contribution in [0.5, 0.6) is 0 Å². The number of anilines is 1. The maximum atomic E-state index is 11.9. The summed E-state index contributed by atoms with van der Waals surface area (Å²) in [5.41, 5.74) is 0.888. The molecule has 1 aliphatic rings. The third kappa shape index (κ3) is 2.69. The van der Waals surface area contributed by atoms with E-state index in [0.29, 0.717) is 16.3 Å². The standard InChI is InChI=1S/C12H12ClN3O/c13-10-4-3-9(8-14)11(7-10)15-12(17)16-5-1-2-6-16/h3-4,7H,1-2,5-6H2,(H,15,17). The van der Waals surface area contributed by atoms with Crippen LogP contribution >= 0.6 is 11.6 Å². The van der Waals surface area contributed by atoms with Crippen molar-refractivity contribution in [1.29, 1.82) is 5.26 Å². The van der Waals surface area contributed by atoms with E-state index in [1.165, 1.54) is 0 Å². The summed E-state index contributed by atoms with van der Waals surface area (Å²) >= 11 is 5.84. The van der Waals surface area contributed by atoms with Gasteiger partial charge >= 0.3 is 6.03 Å². The molecule has 1 heterocycles. The number of nitriles is 1. The molecule has 0 unspecified atom stereocenters. The number of carbonyl (C=O) groups excluding carboxylic acids is 1. The third-order valence-corrected chi connectivity index (χ3v) is 2.97. The molecule has 0 aliphatic carbocycles. The van der Waals surface area contributed by atoms with Crippen molar-refractivity contribution in [3.63, 3.8) is 0 Å². The number of hydrogen-bond acceptors (Lipinski definition) is 2. The second-order valence-corrected chi connectivity index (χ2v) is 4.36. The molecule has 2 rings (SSSR count). The number of carbonyl (C=O) groups is 1. The smallest absolute Gasteiger partial charge is 0.321 e. The van der Waals surface area contributed by atoms with E-state index < -0.39 is 0 Å². The van der Waals surface area contributed by atoms with Gasteiger partial charge < -0.3 is 10.2 Å². The van der Waals surface area contributed by atoms with Crippen LogP contribution in [0.25, 0.3) is 0 Å². The number of urea groups is 1. The van der Waals surface area contributed by atoms with Gasteiger partial charge in [-0.3, -0.25) is 0 Å². The van der Waals surface area contributed by atoms with Crippen LogP contribution in [0.15, 0.2) is 18.2 Å². The molecule has 17 heavy (non-hydrogen) atoms. The van der Waals surface area contributed by atoms with E-state index >= 15 is 0 Å². The van der Waals surface area contributed by atoms with Gasteiger partial charge in [0.1, 0.15) is 6.07 Å². The average Bonchev–Trinajstić information content (AvgIpc) is 2.83. The molecule has 1 N–H and O–H groups in total. The molecule has 88 valence electrons. The first-order chi connectivity index (χ1) is 8.20. The zero-order valence-corrected chi connectivity index (χ0v) is 10.00. The summed E-state index contributed by atoms with van der Waals surface area (Å²) in [5.74, 6) is 0. The van der Waals surface area contributed by atoms with E-state index in [-0.39, 0.29) is 6.03 Å². The van der Waals surface area contributed by atoms with Gasteiger partial charge in [0.05, 0.1) is 11.3 Å². The minimum atomic E-state index is -0.165. The summed E-state index contributed by atoms with van der Waals surface area (Å²) < 4.78 is 0. The van der Waals surface area contributed by atoms with Crippen LogP contribution in [0.1, 0.15) is 18.4 Å². The fourth-order valence-corrected chi connectivity index (χ4v) is 2.00. The summed E-state index contributed by atoms with van der Waals surface area (Å²) in [4.78, 5) is 13.6. The fourth-order valence-electron chi connectivity index (χ4n) is 1.83. The van der Waals surface area contributed by atoms with Crippen molar-refractivity contribution in [2.45, 2.75) is 12.8 Å². The molecule has 4 nitrogen and oxygen atoms in total. The van der Waals surface area contributed by atoms with Crippen molar-refractivity contribution in [3.8, 4) is 6.07 Å². The van der Waals surface area contributed by atoms with Crippen molar-refractivity contribution in [2.75, 3.05) is 18.4 Å². The Kier molecular flexibility index (Phi) is 3.50. The molecule has 0 bridgehead atoms. The van der Waals surface area contributed by atoms with E-state index in [0.717, 1.165) is 25.9 Å². The van der Waals surface area contributed by atoms with Gasteiger partial charge in [0, 0.05) is 18.1 Å². The van der Waals surface area contributed by atoms with Crippen LogP contribution in [0.3, 0.4) is 0 Å². The van der Waals surface area contributed by atoms with Gasteiger partial charge in [-0.2, -0.15) is 5.26 Å². The van der Waals surface area contributed by atoms with E-state index in [2.05, 4.69) is 5.32 Å². The lowest BCUT2D eigenvalue weighted by atomic mass is 10.2. The van der Waals surface area contributed by atoms with Gasteiger partial charge in [-0.05, 0) is 31.0 Å². The number of benzene rings is 1.